The lowest BCUT2D eigenvalue weighted by atomic mass is 10.2. The summed E-state index contributed by atoms with van der Waals surface area (Å²) >= 11 is 2.05. The summed E-state index contributed by atoms with van der Waals surface area (Å²) in [6.45, 7) is 0. The number of nitrogens with two attached hydrogens (primary N) is 1. The Morgan fingerprint density at radius 1 is 1.19 bits per heavy atom. The second-order valence-electron chi connectivity index (χ2n) is 2.78. The number of hydrogen-bond donors (Lipinski definition) is 3. The van der Waals surface area contributed by atoms with Crippen LogP contribution in [0.3, 0.4) is 0 Å². The molecular formula is C9H8IN3O3. The van der Waals surface area contributed by atoms with Crippen molar-refractivity contribution in [2.45, 2.75) is 0 Å². The van der Waals surface area contributed by atoms with E-state index in [1.807, 2.05) is 34.1 Å². The van der Waals surface area contributed by atoms with Crippen molar-refractivity contribution in [3.63, 3.8) is 0 Å². The number of carbonyl (C=O) groups is 3. The van der Waals surface area contributed by atoms with E-state index in [9.17, 15) is 14.4 Å². The molecule has 0 aliphatic carbocycles. The van der Waals surface area contributed by atoms with Crippen LogP contribution in [0.2, 0.25) is 0 Å². The number of amides is 3. The van der Waals surface area contributed by atoms with E-state index >= 15 is 0 Å². The Morgan fingerprint density at radius 3 is 2.44 bits per heavy atom. The van der Waals surface area contributed by atoms with Gasteiger partial charge in [0.1, 0.15) is 0 Å². The van der Waals surface area contributed by atoms with Crippen molar-refractivity contribution in [1.29, 1.82) is 0 Å². The molecule has 0 spiro atoms. The fourth-order valence-electron chi connectivity index (χ4n) is 0.877. The highest BCUT2D eigenvalue weighted by Gasteiger charge is 2.10. The number of benzene rings is 1. The maximum absolute atomic E-state index is 11.4. The van der Waals surface area contributed by atoms with Crippen LogP contribution in [-0.4, -0.2) is 17.7 Å². The molecule has 84 valence electrons. The first-order valence-corrected chi connectivity index (χ1v) is 5.24. The van der Waals surface area contributed by atoms with Crippen LogP contribution in [0.15, 0.2) is 24.3 Å². The Labute approximate surface area is 105 Å². The third kappa shape index (κ3) is 3.50. The molecule has 0 radical (unpaired) electrons. The summed E-state index contributed by atoms with van der Waals surface area (Å²) in [6.07, 6.45) is 0. The molecule has 1 rings (SSSR count). The quantitative estimate of drug-likeness (QED) is 0.368. The minimum Gasteiger partial charge on any atom is -0.361 e. The lowest BCUT2D eigenvalue weighted by Gasteiger charge is -2.05. The summed E-state index contributed by atoms with van der Waals surface area (Å²) in [5.74, 6) is -2.75. The van der Waals surface area contributed by atoms with Gasteiger partial charge >= 0.3 is 11.8 Å². The van der Waals surface area contributed by atoms with Crippen LogP contribution in [0.25, 0.3) is 0 Å². The molecule has 0 aliphatic heterocycles. The van der Waals surface area contributed by atoms with Gasteiger partial charge in [0.25, 0.3) is 5.91 Å². The molecule has 1 aromatic rings. The van der Waals surface area contributed by atoms with E-state index in [1.165, 1.54) is 0 Å². The number of hydrazine groups is 1. The highest BCUT2D eigenvalue weighted by atomic mass is 127. The van der Waals surface area contributed by atoms with Gasteiger partial charge in [-0.3, -0.25) is 25.2 Å². The molecule has 1 aromatic carbocycles. The Kier molecular flexibility index (Phi) is 4.23. The van der Waals surface area contributed by atoms with E-state index in [2.05, 4.69) is 11.2 Å². The second-order valence-corrected chi connectivity index (χ2v) is 4.03. The van der Waals surface area contributed by atoms with E-state index in [0.29, 0.717) is 5.56 Å². The summed E-state index contributed by atoms with van der Waals surface area (Å²) in [4.78, 5) is 32.5. The van der Waals surface area contributed by atoms with Crippen LogP contribution in [0.1, 0.15) is 10.4 Å². The van der Waals surface area contributed by atoms with Crippen LogP contribution in [0.4, 0.5) is 0 Å². The van der Waals surface area contributed by atoms with E-state index in [4.69, 9.17) is 0 Å². The molecule has 0 atom stereocenters. The lowest BCUT2D eigenvalue weighted by Crippen LogP contribution is -2.47. The average Bonchev–Trinajstić information content (AvgIpc) is 2.25. The zero-order valence-corrected chi connectivity index (χ0v) is 10.1. The Morgan fingerprint density at radius 2 is 1.88 bits per heavy atom. The molecule has 0 saturated carbocycles. The van der Waals surface area contributed by atoms with Crippen molar-refractivity contribution in [1.82, 2.24) is 10.9 Å². The predicted octanol–water partition coefficient (Wildman–Crippen LogP) is -0.462. The van der Waals surface area contributed by atoms with Crippen LogP contribution in [-0.2, 0) is 9.59 Å². The molecule has 0 saturated heterocycles. The normalized spacial score (nSPS) is 9.31. The van der Waals surface area contributed by atoms with Crippen LogP contribution >= 0.6 is 22.6 Å². The lowest BCUT2D eigenvalue weighted by molar-refractivity contribution is -0.137. The Bertz CT molecular complexity index is 447. The van der Waals surface area contributed by atoms with Crippen LogP contribution in [0.5, 0.6) is 0 Å². The maximum Gasteiger partial charge on any atom is 0.327 e. The number of hydrogen-bond acceptors (Lipinski definition) is 3. The topological polar surface area (TPSA) is 101 Å². The molecule has 0 fully saturated rings. The molecule has 3 amide bonds. The summed E-state index contributed by atoms with van der Waals surface area (Å²) < 4.78 is 0.881. The van der Waals surface area contributed by atoms with Gasteiger partial charge in [0, 0.05) is 9.13 Å². The second kappa shape index (κ2) is 5.45. The summed E-state index contributed by atoms with van der Waals surface area (Å²) in [5, 5.41) is 0. The number of rotatable bonds is 1. The first-order valence-electron chi connectivity index (χ1n) is 4.16. The predicted molar refractivity (Wildman–Crippen MR) is 64.0 cm³/mol. The molecule has 0 aromatic heterocycles. The summed E-state index contributed by atoms with van der Waals surface area (Å²) in [5.41, 5.74) is 9.00. The first-order chi connectivity index (χ1) is 7.50. The number of carbonyl (C=O) groups excluding carboxylic acids is 3. The van der Waals surface area contributed by atoms with E-state index in [1.54, 1.807) is 18.2 Å². The fraction of sp³-hybridized carbons (Fsp3) is 0. The SMILES string of the molecule is NC(=O)C(=O)NNC(=O)c1cccc(I)c1. The summed E-state index contributed by atoms with van der Waals surface area (Å²) in [6, 6.07) is 6.73. The van der Waals surface area contributed by atoms with E-state index < -0.39 is 17.7 Å². The number of halogens is 1. The Hall–Kier alpha value is -1.64. The number of primary amides is 1. The highest BCUT2D eigenvalue weighted by molar-refractivity contribution is 14.1. The van der Waals surface area contributed by atoms with Crippen LogP contribution < -0.4 is 16.6 Å². The standard InChI is InChI=1S/C9H8IN3O3/c10-6-3-1-2-5(4-6)8(15)12-13-9(16)7(11)14/h1-4H,(H2,11,14)(H,12,15)(H,13,16). The zero-order chi connectivity index (χ0) is 12.1. The van der Waals surface area contributed by atoms with Gasteiger partial charge in [-0.2, -0.15) is 0 Å². The van der Waals surface area contributed by atoms with Gasteiger partial charge in [-0.05, 0) is 40.8 Å². The largest absolute Gasteiger partial charge is 0.361 e. The monoisotopic (exact) mass is 333 g/mol. The molecule has 0 bridgehead atoms. The van der Waals surface area contributed by atoms with Crippen molar-refractivity contribution in [3.05, 3.63) is 33.4 Å². The molecule has 0 heterocycles. The zero-order valence-electron chi connectivity index (χ0n) is 7.99. The minimum absolute atomic E-state index is 0.372. The van der Waals surface area contributed by atoms with Gasteiger partial charge < -0.3 is 5.73 Å². The van der Waals surface area contributed by atoms with E-state index in [-0.39, 0.29) is 0 Å². The van der Waals surface area contributed by atoms with Crippen molar-refractivity contribution in [3.8, 4) is 0 Å². The van der Waals surface area contributed by atoms with Gasteiger partial charge in [-0.15, -0.1) is 0 Å². The first kappa shape index (κ1) is 12.4. The summed E-state index contributed by atoms with van der Waals surface area (Å²) in [7, 11) is 0. The van der Waals surface area contributed by atoms with Gasteiger partial charge in [0.2, 0.25) is 0 Å². The molecular weight excluding hydrogens is 325 g/mol. The number of nitrogens with one attached hydrogen (secondary N) is 2. The van der Waals surface area contributed by atoms with Crippen molar-refractivity contribution in [2.75, 3.05) is 0 Å². The van der Waals surface area contributed by atoms with Gasteiger partial charge in [0.15, 0.2) is 0 Å². The van der Waals surface area contributed by atoms with Crippen LogP contribution in [0, 0.1) is 3.57 Å². The molecule has 6 nitrogen and oxygen atoms in total. The molecule has 0 unspecified atom stereocenters. The molecule has 16 heavy (non-hydrogen) atoms. The highest BCUT2D eigenvalue weighted by Crippen LogP contribution is 2.07. The average molecular weight is 333 g/mol. The van der Waals surface area contributed by atoms with Crippen molar-refractivity contribution >= 4 is 40.3 Å². The van der Waals surface area contributed by atoms with Gasteiger partial charge in [-0.25, -0.2) is 0 Å². The molecule has 7 heteroatoms. The smallest absolute Gasteiger partial charge is 0.327 e. The van der Waals surface area contributed by atoms with E-state index in [0.717, 1.165) is 3.57 Å². The molecule has 0 aliphatic rings. The van der Waals surface area contributed by atoms with Crippen molar-refractivity contribution in [2.24, 2.45) is 5.73 Å². The fourth-order valence-corrected chi connectivity index (χ4v) is 1.42. The van der Waals surface area contributed by atoms with Gasteiger partial charge in [0.05, 0.1) is 0 Å². The minimum atomic E-state index is -1.16. The molecule has 4 N–H and O–H groups in total. The maximum atomic E-state index is 11.4. The van der Waals surface area contributed by atoms with Crippen molar-refractivity contribution < 1.29 is 14.4 Å². The Balaban J connectivity index is 2.60. The van der Waals surface area contributed by atoms with Gasteiger partial charge in [-0.1, -0.05) is 6.07 Å². The third-order valence-electron chi connectivity index (χ3n) is 1.60. The third-order valence-corrected chi connectivity index (χ3v) is 2.27.